The minimum Gasteiger partial charge on any atom is -0.354 e. The number of amides is 1. The fourth-order valence-corrected chi connectivity index (χ4v) is 3.53. The second kappa shape index (κ2) is 6.98. The number of nitrogens with two attached hydrogens (primary N) is 1. The molecule has 5 nitrogen and oxygen atoms in total. The number of carbonyl (C=O) groups excluding carboxylic acids is 1. The van der Waals surface area contributed by atoms with Crippen LogP contribution in [0.15, 0.2) is 42.5 Å². The van der Waals surface area contributed by atoms with Crippen molar-refractivity contribution in [1.82, 2.24) is 10.5 Å². The molecule has 1 aliphatic heterocycles. The van der Waals surface area contributed by atoms with Crippen LogP contribution < -0.4 is 11.2 Å². The fraction of sp³-hybridized carbons (Fsp3) is 0.250. The van der Waals surface area contributed by atoms with Gasteiger partial charge in [0.2, 0.25) is 0 Å². The van der Waals surface area contributed by atoms with Crippen molar-refractivity contribution in [3.8, 4) is 11.3 Å². The Morgan fingerprint density at radius 3 is 2.77 bits per heavy atom. The third-order valence-electron chi connectivity index (χ3n) is 4.90. The number of aromatic amines is 1. The van der Waals surface area contributed by atoms with Crippen LogP contribution in [-0.2, 0) is 11.4 Å². The van der Waals surface area contributed by atoms with Crippen LogP contribution in [0, 0.1) is 0 Å². The summed E-state index contributed by atoms with van der Waals surface area (Å²) < 4.78 is 0. The molecule has 0 aliphatic carbocycles. The molecule has 0 spiro atoms. The lowest BCUT2D eigenvalue weighted by Gasteiger charge is -2.12. The largest absolute Gasteiger partial charge is 0.354 e. The van der Waals surface area contributed by atoms with Gasteiger partial charge in [-0.25, -0.2) is 5.48 Å². The van der Waals surface area contributed by atoms with Crippen LogP contribution in [0.5, 0.6) is 0 Å². The molecular formula is C20H20BN3O2. The number of hydrogen-bond acceptors (Lipinski definition) is 3. The van der Waals surface area contributed by atoms with Crippen molar-refractivity contribution >= 4 is 24.7 Å². The van der Waals surface area contributed by atoms with Crippen LogP contribution in [0.3, 0.4) is 0 Å². The van der Waals surface area contributed by atoms with Crippen molar-refractivity contribution in [2.24, 2.45) is 5.73 Å². The predicted octanol–water partition coefficient (Wildman–Crippen LogP) is 2.96. The van der Waals surface area contributed by atoms with E-state index >= 15 is 0 Å². The number of nitrogens with one attached hydrogen (secondary N) is 2. The van der Waals surface area contributed by atoms with E-state index in [4.69, 9.17) is 18.4 Å². The number of hydroxylamine groups is 1. The maximum absolute atomic E-state index is 12.2. The highest BCUT2D eigenvalue weighted by molar-refractivity contribution is 6.12. The first kappa shape index (κ1) is 16.9. The van der Waals surface area contributed by atoms with Gasteiger partial charge in [0.1, 0.15) is 6.61 Å². The molecule has 2 radical (unpaired) electrons. The Morgan fingerprint density at radius 1 is 1.19 bits per heavy atom. The Balaban J connectivity index is 1.74. The molecule has 26 heavy (non-hydrogen) atoms. The lowest BCUT2D eigenvalue weighted by Crippen LogP contribution is -2.21. The van der Waals surface area contributed by atoms with Gasteiger partial charge in [-0.3, -0.25) is 9.63 Å². The Morgan fingerprint density at radius 2 is 2.00 bits per heavy atom. The van der Waals surface area contributed by atoms with Gasteiger partial charge in [-0.15, -0.1) is 0 Å². The second-order valence-corrected chi connectivity index (χ2v) is 6.59. The van der Waals surface area contributed by atoms with Crippen LogP contribution >= 0.6 is 0 Å². The van der Waals surface area contributed by atoms with Crippen molar-refractivity contribution in [1.29, 1.82) is 0 Å². The van der Waals surface area contributed by atoms with Gasteiger partial charge in [-0.05, 0) is 30.7 Å². The molecule has 2 aromatic carbocycles. The maximum Gasteiger partial charge on any atom is 0.275 e. The highest BCUT2D eigenvalue weighted by Gasteiger charge is 2.22. The van der Waals surface area contributed by atoms with Gasteiger partial charge in [0.15, 0.2) is 0 Å². The van der Waals surface area contributed by atoms with Crippen molar-refractivity contribution in [3.63, 3.8) is 0 Å². The summed E-state index contributed by atoms with van der Waals surface area (Å²) in [6.45, 7) is 0.967. The zero-order chi connectivity index (χ0) is 18.1. The second-order valence-electron chi connectivity index (χ2n) is 6.59. The molecule has 1 amide bonds. The van der Waals surface area contributed by atoms with Crippen LogP contribution in [0.4, 0.5) is 0 Å². The number of H-pyrrole nitrogens is 1. The summed E-state index contributed by atoms with van der Waals surface area (Å²) in [7, 11) is 6.22. The fourth-order valence-electron chi connectivity index (χ4n) is 3.53. The molecule has 0 saturated carbocycles. The van der Waals surface area contributed by atoms with E-state index in [1.807, 2.05) is 18.2 Å². The van der Waals surface area contributed by atoms with Crippen molar-refractivity contribution in [2.75, 3.05) is 6.54 Å². The number of aromatic nitrogens is 1. The topological polar surface area (TPSA) is 80.1 Å². The molecule has 130 valence electrons. The van der Waals surface area contributed by atoms with Gasteiger partial charge in [0, 0.05) is 16.5 Å². The number of benzene rings is 2. The highest BCUT2D eigenvalue weighted by Crippen LogP contribution is 2.34. The van der Waals surface area contributed by atoms with E-state index in [2.05, 4.69) is 34.7 Å². The van der Waals surface area contributed by atoms with Gasteiger partial charge >= 0.3 is 0 Å². The number of rotatable bonds is 5. The molecule has 0 fully saturated rings. The summed E-state index contributed by atoms with van der Waals surface area (Å²) in [4.78, 5) is 21.0. The first-order chi connectivity index (χ1) is 12.7. The Hall–Kier alpha value is -2.57. The lowest BCUT2D eigenvalue weighted by molar-refractivity contribution is 0.0256. The van der Waals surface area contributed by atoms with Gasteiger partial charge in [-0.1, -0.05) is 48.1 Å². The lowest BCUT2D eigenvalue weighted by atomic mass is 9.77. The summed E-state index contributed by atoms with van der Waals surface area (Å²) in [6, 6.07) is 13.9. The van der Waals surface area contributed by atoms with Crippen LogP contribution in [0.1, 0.15) is 40.1 Å². The molecule has 4 rings (SSSR count). The molecular weight excluding hydrogens is 325 g/mol. The molecule has 0 bridgehead atoms. The Bertz CT molecular complexity index is 950. The zero-order valence-electron chi connectivity index (χ0n) is 14.4. The molecule has 1 unspecified atom stereocenters. The first-order valence-corrected chi connectivity index (χ1v) is 8.80. The van der Waals surface area contributed by atoms with Gasteiger partial charge in [0.25, 0.3) is 5.91 Å². The summed E-state index contributed by atoms with van der Waals surface area (Å²) in [5, 5.41) is 0.918. The third kappa shape index (κ3) is 2.91. The number of hydrogen-bond donors (Lipinski definition) is 3. The van der Waals surface area contributed by atoms with Crippen LogP contribution in [0.2, 0.25) is 0 Å². The maximum atomic E-state index is 12.2. The molecule has 6 heteroatoms. The van der Waals surface area contributed by atoms with E-state index in [1.54, 1.807) is 0 Å². The van der Waals surface area contributed by atoms with Crippen LogP contribution in [-0.4, -0.2) is 25.3 Å². The predicted molar refractivity (Wildman–Crippen MR) is 103 cm³/mol. The molecule has 2 heterocycles. The normalized spacial score (nSPS) is 14.9. The molecule has 3 aromatic rings. The summed E-state index contributed by atoms with van der Waals surface area (Å²) >= 11 is 0. The van der Waals surface area contributed by atoms with E-state index in [-0.39, 0.29) is 11.7 Å². The van der Waals surface area contributed by atoms with Gasteiger partial charge in [-0.2, -0.15) is 0 Å². The average Bonchev–Trinajstić information content (AvgIpc) is 2.95. The smallest absolute Gasteiger partial charge is 0.275 e. The highest BCUT2D eigenvalue weighted by atomic mass is 16.6. The van der Waals surface area contributed by atoms with Crippen LogP contribution in [0.25, 0.3) is 22.2 Å². The quantitative estimate of drug-likeness (QED) is 0.622. The summed E-state index contributed by atoms with van der Waals surface area (Å²) in [5.74, 6) is -0.227. The molecule has 1 aliphatic rings. The Kier molecular flexibility index (Phi) is 4.53. The van der Waals surface area contributed by atoms with Crippen molar-refractivity contribution < 1.29 is 9.63 Å². The van der Waals surface area contributed by atoms with E-state index in [0.29, 0.717) is 18.7 Å². The summed E-state index contributed by atoms with van der Waals surface area (Å²) in [5.41, 5.74) is 13.7. The summed E-state index contributed by atoms with van der Waals surface area (Å²) in [6.07, 6.45) is 1.79. The molecule has 1 atom stereocenters. The van der Waals surface area contributed by atoms with E-state index in [0.717, 1.165) is 46.1 Å². The zero-order valence-corrected chi connectivity index (χ0v) is 14.4. The van der Waals surface area contributed by atoms with Crippen molar-refractivity contribution in [3.05, 3.63) is 59.2 Å². The first-order valence-electron chi connectivity index (χ1n) is 8.80. The molecule has 0 saturated heterocycles. The minimum atomic E-state index is -0.221. The SMILES string of the molecule is [B]C(CCCN)c1ccc(-c2[nH]c3cccc4c3c2CONC4=O)cc1. The third-order valence-corrected chi connectivity index (χ3v) is 4.90. The monoisotopic (exact) mass is 345 g/mol. The molecule has 4 N–H and O–H groups in total. The average molecular weight is 345 g/mol. The van der Waals surface area contributed by atoms with Gasteiger partial charge in [0.05, 0.1) is 19.1 Å². The number of carbonyl (C=O) groups is 1. The van der Waals surface area contributed by atoms with E-state index in [1.165, 1.54) is 0 Å². The van der Waals surface area contributed by atoms with E-state index in [9.17, 15) is 4.79 Å². The molecule has 1 aromatic heterocycles. The van der Waals surface area contributed by atoms with E-state index < -0.39 is 0 Å². The van der Waals surface area contributed by atoms with Gasteiger partial charge < -0.3 is 10.7 Å². The van der Waals surface area contributed by atoms with Crippen molar-refractivity contribution in [2.45, 2.75) is 25.3 Å². The standard InChI is InChI=1S/C20H20BN3O2/c21-16(4-2-10-22)12-6-8-13(9-7-12)19-15-11-26-24-20(25)14-3-1-5-17(23-19)18(14)15/h1,3,5-9,16,23H,2,4,10-11,22H2,(H,24,25). The Labute approximate surface area is 153 Å². The minimum absolute atomic E-state index is 0.00590.